The lowest BCUT2D eigenvalue weighted by molar-refractivity contribution is -0.386. The van der Waals surface area contributed by atoms with E-state index in [9.17, 15) is 41.3 Å². The fraction of sp³-hybridized carbons (Fsp3) is 0.188. The van der Waals surface area contributed by atoms with Gasteiger partial charge in [-0.3, -0.25) is 14.9 Å². The molecule has 0 bridgehead atoms. The molecule has 2 aromatic carbocycles. The standard InChI is InChI=1S/C16H9F6NO4/c1-27-14-11(16(20,21)22)6-8(7-12(14)23(25)26)13(24)9-4-2-3-5-10(9)15(17,18)19/h2-7H,1H3. The van der Waals surface area contributed by atoms with Crippen LogP contribution in [0.25, 0.3) is 0 Å². The summed E-state index contributed by atoms with van der Waals surface area (Å²) in [5.41, 5.74) is -6.07. The molecule has 0 N–H and O–H groups in total. The second-order valence-electron chi connectivity index (χ2n) is 5.20. The van der Waals surface area contributed by atoms with Crippen molar-refractivity contribution in [3.63, 3.8) is 0 Å². The second kappa shape index (κ2) is 6.89. The van der Waals surface area contributed by atoms with E-state index in [0.29, 0.717) is 12.1 Å². The predicted molar refractivity (Wildman–Crippen MR) is 79.5 cm³/mol. The maximum Gasteiger partial charge on any atom is 0.420 e. The van der Waals surface area contributed by atoms with Gasteiger partial charge in [0.25, 0.3) is 0 Å². The van der Waals surface area contributed by atoms with Crippen molar-refractivity contribution in [3.8, 4) is 5.75 Å². The Labute approximate surface area is 147 Å². The van der Waals surface area contributed by atoms with E-state index >= 15 is 0 Å². The molecule has 0 saturated heterocycles. The molecule has 0 radical (unpaired) electrons. The van der Waals surface area contributed by atoms with Crippen molar-refractivity contribution in [2.45, 2.75) is 12.4 Å². The van der Waals surface area contributed by atoms with Gasteiger partial charge < -0.3 is 4.74 Å². The molecule has 0 saturated carbocycles. The van der Waals surface area contributed by atoms with Crippen LogP contribution in [0.3, 0.4) is 0 Å². The maximum absolute atomic E-state index is 13.2. The molecule has 5 nitrogen and oxygen atoms in total. The number of hydrogen-bond acceptors (Lipinski definition) is 4. The number of rotatable bonds is 4. The van der Waals surface area contributed by atoms with E-state index in [4.69, 9.17) is 0 Å². The minimum absolute atomic E-state index is 0.224. The summed E-state index contributed by atoms with van der Waals surface area (Å²) in [6, 6.07) is 4.11. The van der Waals surface area contributed by atoms with Gasteiger partial charge in [0.2, 0.25) is 5.75 Å². The number of nitro benzene ring substituents is 1. The SMILES string of the molecule is COc1c([N+](=O)[O-])cc(C(=O)c2ccccc2C(F)(F)F)cc1C(F)(F)F. The molecule has 0 amide bonds. The number of nitro groups is 1. The first-order valence-electron chi connectivity index (χ1n) is 7.02. The molecule has 0 aliphatic rings. The average molecular weight is 393 g/mol. The summed E-state index contributed by atoms with van der Waals surface area (Å²) in [6.45, 7) is 0. The van der Waals surface area contributed by atoms with Crippen LogP contribution in [0.2, 0.25) is 0 Å². The molecular formula is C16H9F6NO4. The number of ketones is 1. The number of halogens is 6. The third-order valence-electron chi connectivity index (χ3n) is 3.51. The molecule has 0 atom stereocenters. The minimum Gasteiger partial charge on any atom is -0.490 e. The van der Waals surface area contributed by atoms with Crippen molar-refractivity contribution in [1.29, 1.82) is 0 Å². The van der Waals surface area contributed by atoms with Gasteiger partial charge in [-0.15, -0.1) is 0 Å². The van der Waals surface area contributed by atoms with Gasteiger partial charge >= 0.3 is 18.0 Å². The molecular weight excluding hydrogens is 384 g/mol. The fourth-order valence-corrected chi connectivity index (χ4v) is 2.39. The van der Waals surface area contributed by atoms with Crippen LogP contribution >= 0.6 is 0 Å². The Bertz CT molecular complexity index is 905. The molecule has 0 aliphatic carbocycles. The summed E-state index contributed by atoms with van der Waals surface area (Å²) >= 11 is 0. The minimum atomic E-state index is -5.14. The van der Waals surface area contributed by atoms with E-state index in [-0.39, 0.29) is 6.07 Å². The molecule has 0 aromatic heterocycles. The predicted octanol–water partition coefficient (Wildman–Crippen LogP) is 4.87. The van der Waals surface area contributed by atoms with Crippen LogP contribution in [0.15, 0.2) is 36.4 Å². The van der Waals surface area contributed by atoms with Crippen molar-refractivity contribution in [3.05, 3.63) is 68.8 Å². The molecule has 0 unspecified atom stereocenters. The van der Waals surface area contributed by atoms with E-state index in [1.165, 1.54) is 0 Å². The number of benzene rings is 2. The second-order valence-corrected chi connectivity index (χ2v) is 5.20. The molecule has 0 fully saturated rings. The van der Waals surface area contributed by atoms with Crippen molar-refractivity contribution in [2.75, 3.05) is 7.11 Å². The monoisotopic (exact) mass is 393 g/mol. The molecule has 2 rings (SSSR count). The fourth-order valence-electron chi connectivity index (χ4n) is 2.39. The number of carbonyl (C=O) groups is 1. The van der Waals surface area contributed by atoms with Crippen molar-refractivity contribution in [2.24, 2.45) is 0 Å². The molecule has 27 heavy (non-hydrogen) atoms. The highest BCUT2D eigenvalue weighted by Gasteiger charge is 2.40. The van der Waals surface area contributed by atoms with E-state index in [2.05, 4.69) is 4.74 Å². The number of alkyl halides is 6. The first-order valence-corrected chi connectivity index (χ1v) is 7.02. The van der Waals surface area contributed by atoms with Crippen molar-refractivity contribution >= 4 is 11.5 Å². The summed E-state index contributed by atoms with van der Waals surface area (Å²) in [6.07, 6.45) is -10.1. The lowest BCUT2D eigenvalue weighted by atomic mass is 9.96. The highest BCUT2D eigenvalue weighted by atomic mass is 19.4. The van der Waals surface area contributed by atoms with Crippen molar-refractivity contribution in [1.82, 2.24) is 0 Å². The number of carbonyl (C=O) groups excluding carboxylic acids is 1. The first kappa shape index (κ1) is 20.2. The Morgan fingerprint density at radius 3 is 2.04 bits per heavy atom. The Morgan fingerprint density at radius 1 is 1.00 bits per heavy atom. The van der Waals surface area contributed by atoms with Gasteiger partial charge in [0, 0.05) is 17.2 Å². The summed E-state index contributed by atoms with van der Waals surface area (Å²) in [5, 5.41) is 11.1. The highest BCUT2D eigenvalue weighted by Crippen LogP contribution is 2.43. The van der Waals surface area contributed by atoms with E-state index in [1.807, 2.05) is 0 Å². The van der Waals surface area contributed by atoms with E-state index in [0.717, 1.165) is 25.3 Å². The average Bonchev–Trinajstić information content (AvgIpc) is 2.58. The molecule has 0 heterocycles. The van der Waals surface area contributed by atoms with Crippen LogP contribution in [0.1, 0.15) is 27.0 Å². The Kier molecular flexibility index (Phi) is 5.16. The summed E-state index contributed by atoms with van der Waals surface area (Å²) in [5.74, 6) is -2.59. The zero-order valence-electron chi connectivity index (χ0n) is 13.3. The summed E-state index contributed by atoms with van der Waals surface area (Å²) < 4.78 is 83.2. The number of nitrogens with zero attached hydrogens (tertiary/aromatic N) is 1. The lowest BCUT2D eigenvalue weighted by Gasteiger charge is -2.15. The van der Waals surface area contributed by atoms with E-state index in [1.54, 1.807) is 0 Å². The van der Waals surface area contributed by atoms with Gasteiger partial charge in [0.15, 0.2) is 5.78 Å². The van der Waals surface area contributed by atoms with Gasteiger partial charge in [-0.25, -0.2) is 0 Å². The highest BCUT2D eigenvalue weighted by molar-refractivity contribution is 6.10. The first-order chi connectivity index (χ1) is 12.4. The van der Waals surface area contributed by atoms with Crippen molar-refractivity contribution < 1.29 is 40.8 Å². The van der Waals surface area contributed by atoms with Gasteiger partial charge in [-0.1, -0.05) is 18.2 Å². The van der Waals surface area contributed by atoms with Gasteiger partial charge in [-0.2, -0.15) is 26.3 Å². The quantitative estimate of drug-likeness (QED) is 0.322. The van der Waals surface area contributed by atoms with Crippen LogP contribution in [-0.4, -0.2) is 17.8 Å². The zero-order chi connectivity index (χ0) is 20.6. The summed E-state index contributed by atoms with van der Waals surface area (Å²) in [7, 11) is 0.762. The Balaban J connectivity index is 2.75. The molecule has 11 heteroatoms. The van der Waals surface area contributed by atoms with Crippen LogP contribution in [0.5, 0.6) is 5.75 Å². The Morgan fingerprint density at radius 2 is 1.56 bits per heavy atom. The maximum atomic E-state index is 13.2. The van der Waals surface area contributed by atoms with Crippen LogP contribution in [0.4, 0.5) is 32.0 Å². The molecule has 0 aliphatic heterocycles. The summed E-state index contributed by atoms with van der Waals surface area (Å²) in [4.78, 5) is 22.3. The largest absolute Gasteiger partial charge is 0.490 e. The third-order valence-corrected chi connectivity index (χ3v) is 3.51. The third kappa shape index (κ3) is 4.01. The number of methoxy groups -OCH3 is 1. The van der Waals surface area contributed by atoms with Gasteiger partial charge in [0.1, 0.15) is 5.56 Å². The molecule has 0 spiro atoms. The smallest absolute Gasteiger partial charge is 0.420 e. The molecule has 144 valence electrons. The lowest BCUT2D eigenvalue weighted by Crippen LogP contribution is -2.16. The zero-order valence-corrected chi connectivity index (χ0v) is 13.3. The van der Waals surface area contributed by atoms with Crippen LogP contribution < -0.4 is 4.74 Å². The van der Waals surface area contributed by atoms with E-state index < -0.39 is 56.7 Å². The van der Waals surface area contributed by atoms with Gasteiger partial charge in [0.05, 0.1) is 17.6 Å². The van der Waals surface area contributed by atoms with Crippen LogP contribution in [-0.2, 0) is 12.4 Å². The normalized spacial score (nSPS) is 12.0. The number of hydrogen-bond donors (Lipinski definition) is 0. The Hall–Kier alpha value is -3.11. The van der Waals surface area contributed by atoms with Gasteiger partial charge in [-0.05, 0) is 12.1 Å². The van der Waals surface area contributed by atoms with Crippen LogP contribution in [0, 0.1) is 10.1 Å². The number of ether oxygens (including phenoxy) is 1. The molecule has 2 aromatic rings. The topological polar surface area (TPSA) is 69.4 Å².